The average molecular weight is 553 g/mol. The number of esters is 1. The third kappa shape index (κ3) is 10.0. The quantitative estimate of drug-likeness (QED) is 0.175. The number of methoxy groups -OCH3 is 1. The fourth-order valence-corrected chi connectivity index (χ4v) is 4.88. The van der Waals surface area contributed by atoms with Crippen molar-refractivity contribution in [2.75, 3.05) is 13.7 Å². The summed E-state index contributed by atoms with van der Waals surface area (Å²) < 4.78 is 16.0. The monoisotopic (exact) mass is 552 g/mol. The third-order valence-corrected chi connectivity index (χ3v) is 7.07. The largest absolute Gasteiger partial charge is 0.494 e. The van der Waals surface area contributed by atoms with Crippen LogP contribution < -0.4 is 10.1 Å². The number of amides is 1. The van der Waals surface area contributed by atoms with Crippen LogP contribution in [-0.2, 0) is 20.7 Å². The van der Waals surface area contributed by atoms with E-state index >= 15 is 0 Å². The molecule has 1 aromatic heterocycles. The van der Waals surface area contributed by atoms with Gasteiger partial charge in [-0.25, -0.2) is 14.6 Å². The normalized spacial score (nSPS) is 12.0. The zero-order valence-corrected chi connectivity index (χ0v) is 24.4. The average Bonchev–Trinajstić information content (AvgIpc) is 3.40. The fraction of sp³-hybridized carbons (Fsp3) is 0.452. The molecule has 0 saturated heterocycles. The Morgan fingerprint density at radius 2 is 1.62 bits per heavy atom. The molecule has 1 unspecified atom stereocenters. The second-order valence-corrected chi connectivity index (χ2v) is 11.5. The van der Waals surface area contributed by atoms with Gasteiger partial charge in [-0.1, -0.05) is 56.9 Å². The molecule has 39 heavy (non-hydrogen) atoms. The Morgan fingerprint density at radius 3 is 2.26 bits per heavy atom. The van der Waals surface area contributed by atoms with Crippen LogP contribution in [0.1, 0.15) is 65.4 Å². The van der Waals surface area contributed by atoms with Crippen molar-refractivity contribution in [3.05, 3.63) is 60.3 Å². The molecule has 0 radical (unpaired) electrons. The Kier molecular flexibility index (Phi) is 11.3. The molecule has 8 heteroatoms. The number of aromatic nitrogens is 1. The van der Waals surface area contributed by atoms with Gasteiger partial charge < -0.3 is 19.5 Å². The summed E-state index contributed by atoms with van der Waals surface area (Å²) in [5.41, 5.74) is 2.29. The number of carbonyl (C=O) groups is 2. The van der Waals surface area contributed by atoms with Crippen LogP contribution in [0.4, 0.5) is 4.79 Å². The zero-order valence-electron chi connectivity index (χ0n) is 23.6. The van der Waals surface area contributed by atoms with E-state index in [1.165, 1.54) is 32.8 Å². The van der Waals surface area contributed by atoms with Gasteiger partial charge in [0.2, 0.25) is 0 Å². The first-order chi connectivity index (χ1) is 18.7. The number of rotatable bonds is 13. The van der Waals surface area contributed by atoms with Crippen LogP contribution >= 0.6 is 11.3 Å². The minimum Gasteiger partial charge on any atom is -0.494 e. The number of unbranched alkanes of at least 4 members (excludes halogenated alkanes) is 4. The van der Waals surface area contributed by atoms with Crippen LogP contribution in [0.5, 0.6) is 5.75 Å². The SMILES string of the molecule is CCCCCCCOc1ccc(-c2cnc(-c3ccc(CC(NC(=O)OC(C)(C)C)C(=O)OC)cc3)s2)cc1. The Bertz CT molecular complexity index is 1180. The molecule has 1 N–H and O–H groups in total. The van der Waals surface area contributed by atoms with Crippen molar-refractivity contribution in [3.63, 3.8) is 0 Å². The molecular weight excluding hydrogens is 512 g/mol. The van der Waals surface area contributed by atoms with E-state index in [-0.39, 0.29) is 6.42 Å². The van der Waals surface area contributed by atoms with Crippen LogP contribution in [0.15, 0.2) is 54.7 Å². The number of thiazole rings is 1. The summed E-state index contributed by atoms with van der Waals surface area (Å²) in [5, 5.41) is 3.51. The highest BCUT2D eigenvalue weighted by Crippen LogP contribution is 2.33. The lowest BCUT2D eigenvalue weighted by molar-refractivity contribution is -0.143. The molecule has 0 aliphatic heterocycles. The maximum absolute atomic E-state index is 12.3. The van der Waals surface area contributed by atoms with Gasteiger partial charge in [0.25, 0.3) is 0 Å². The van der Waals surface area contributed by atoms with Gasteiger partial charge in [0.15, 0.2) is 0 Å². The summed E-state index contributed by atoms with van der Waals surface area (Å²) in [4.78, 5) is 30.1. The van der Waals surface area contributed by atoms with Crippen molar-refractivity contribution in [2.24, 2.45) is 0 Å². The predicted octanol–water partition coefficient (Wildman–Crippen LogP) is 7.44. The Hall–Kier alpha value is -3.39. The van der Waals surface area contributed by atoms with Gasteiger partial charge in [-0.3, -0.25) is 0 Å². The molecule has 0 fully saturated rings. The second-order valence-electron chi connectivity index (χ2n) is 10.4. The number of nitrogens with one attached hydrogen (secondary N) is 1. The minimum absolute atomic E-state index is 0.280. The first-order valence-corrected chi connectivity index (χ1v) is 14.4. The molecule has 2 aromatic carbocycles. The van der Waals surface area contributed by atoms with Gasteiger partial charge in [-0.15, -0.1) is 11.3 Å². The highest BCUT2D eigenvalue weighted by Gasteiger charge is 2.25. The topological polar surface area (TPSA) is 86.8 Å². The number of ether oxygens (including phenoxy) is 3. The van der Waals surface area contributed by atoms with Crippen molar-refractivity contribution >= 4 is 23.4 Å². The minimum atomic E-state index is -0.852. The summed E-state index contributed by atoms with van der Waals surface area (Å²) >= 11 is 1.62. The smallest absolute Gasteiger partial charge is 0.408 e. The van der Waals surface area contributed by atoms with Gasteiger partial charge in [0, 0.05) is 18.2 Å². The molecule has 3 aromatic rings. The summed E-state index contributed by atoms with van der Waals surface area (Å²) in [6.07, 6.45) is 7.62. The number of alkyl carbamates (subject to hydrolysis) is 1. The number of benzene rings is 2. The number of nitrogens with zero attached hydrogens (tertiary/aromatic N) is 1. The van der Waals surface area contributed by atoms with E-state index in [1.807, 2.05) is 42.6 Å². The molecule has 0 bridgehead atoms. The van der Waals surface area contributed by atoms with Crippen LogP contribution in [0.25, 0.3) is 21.0 Å². The fourth-order valence-electron chi connectivity index (χ4n) is 3.96. The van der Waals surface area contributed by atoms with Crippen LogP contribution in [0, 0.1) is 0 Å². The summed E-state index contributed by atoms with van der Waals surface area (Å²) in [5.74, 6) is 0.360. The van der Waals surface area contributed by atoms with Crippen molar-refractivity contribution in [1.82, 2.24) is 10.3 Å². The molecule has 0 saturated carbocycles. The Morgan fingerprint density at radius 1 is 0.949 bits per heavy atom. The Balaban J connectivity index is 1.58. The second kappa shape index (κ2) is 14.7. The van der Waals surface area contributed by atoms with Crippen molar-refractivity contribution in [3.8, 4) is 26.8 Å². The maximum atomic E-state index is 12.3. The molecule has 7 nitrogen and oxygen atoms in total. The molecular formula is C31H40N2O5S. The molecule has 1 amide bonds. The molecule has 0 spiro atoms. The zero-order chi connectivity index (χ0) is 28.3. The van der Waals surface area contributed by atoms with Crippen LogP contribution in [-0.4, -0.2) is 42.4 Å². The molecule has 1 heterocycles. The van der Waals surface area contributed by atoms with E-state index in [2.05, 4.69) is 29.4 Å². The first-order valence-electron chi connectivity index (χ1n) is 13.5. The van der Waals surface area contributed by atoms with Crippen LogP contribution in [0.2, 0.25) is 0 Å². The molecule has 0 aliphatic rings. The summed E-state index contributed by atoms with van der Waals surface area (Å²) in [7, 11) is 1.30. The van der Waals surface area contributed by atoms with Crippen molar-refractivity contribution in [1.29, 1.82) is 0 Å². The third-order valence-electron chi connectivity index (χ3n) is 5.98. The number of carbonyl (C=O) groups excluding carboxylic acids is 2. The standard InChI is InChI=1S/C31H40N2O5S/c1-6-7-8-9-10-19-37-25-17-15-23(16-18-25)27-21-32-28(39-27)24-13-11-22(12-14-24)20-26(29(34)36-5)33-30(35)38-31(2,3)4/h11-18,21,26H,6-10,19-20H2,1-5H3,(H,33,35). The van der Waals surface area contributed by atoms with Gasteiger partial charge >= 0.3 is 12.1 Å². The highest BCUT2D eigenvalue weighted by atomic mass is 32.1. The lowest BCUT2D eigenvalue weighted by Crippen LogP contribution is -2.45. The van der Waals surface area contributed by atoms with E-state index in [9.17, 15) is 9.59 Å². The predicted molar refractivity (Wildman–Crippen MR) is 156 cm³/mol. The molecule has 210 valence electrons. The molecule has 0 aliphatic carbocycles. The lowest BCUT2D eigenvalue weighted by Gasteiger charge is -2.22. The van der Waals surface area contributed by atoms with E-state index < -0.39 is 23.7 Å². The maximum Gasteiger partial charge on any atom is 0.408 e. The number of hydrogen-bond acceptors (Lipinski definition) is 7. The van der Waals surface area contributed by atoms with E-state index in [1.54, 1.807) is 32.1 Å². The van der Waals surface area contributed by atoms with Crippen molar-refractivity contribution < 1.29 is 23.8 Å². The summed E-state index contributed by atoms with van der Waals surface area (Å²) in [6, 6.07) is 15.1. The Labute approximate surface area is 235 Å². The van der Waals surface area contributed by atoms with E-state index in [0.717, 1.165) is 45.4 Å². The first kappa shape index (κ1) is 30.2. The van der Waals surface area contributed by atoms with Crippen molar-refractivity contribution in [2.45, 2.75) is 77.9 Å². The summed E-state index contributed by atoms with van der Waals surface area (Å²) in [6.45, 7) is 8.27. The molecule has 3 rings (SSSR count). The highest BCUT2D eigenvalue weighted by molar-refractivity contribution is 7.18. The van der Waals surface area contributed by atoms with E-state index in [4.69, 9.17) is 14.2 Å². The van der Waals surface area contributed by atoms with Crippen LogP contribution in [0.3, 0.4) is 0 Å². The van der Waals surface area contributed by atoms with Gasteiger partial charge in [0.05, 0.1) is 18.6 Å². The van der Waals surface area contributed by atoms with Gasteiger partial charge in [0.1, 0.15) is 22.4 Å². The van der Waals surface area contributed by atoms with E-state index in [0.29, 0.717) is 0 Å². The molecule has 1 atom stereocenters. The van der Waals surface area contributed by atoms with Gasteiger partial charge in [-0.05, 0) is 62.6 Å². The number of hydrogen-bond donors (Lipinski definition) is 1. The lowest BCUT2D eigenvalue weighted by atomic mass is 10.0. The van der Waals surface area contributed by atoms with Gasteiger partial charge in [-0.2, -0.15) is 0 Å².